The van der Waals surface area contributed by atoms with E-state index < -0.39 is 32.5 Å². The van der Waals surface area contributed by atoms with Crippen molar-refractivity contribution in [1.29, 1.82) is 0 Å². The lowest BCUT2D eigenvalue weighted by atomic mass is 10.1. The molecule has 0 spiro atoms. The number of ether oxygens (including phenoxy) is 2. The normalized spacial score (nSPS) is 13.8. The van der Waals surface area contributed by atoms with Gasteiger partial charge in [-0.2, -0.15) is 0 Å². The second-order valence-electron chi connectivity index (χ2n) is 17.1. The van der Waals surface area contributed by atoms with Gasteiger partial charge < -0.3 is 18.9 Å². The van der Waals surface area contributed by atoms with Crippen LogP contribution in [0.5, 0.6) is 0 Å². The largest absolute Gasteiger partial charge is 0.472 e. The lowest BCUT2D eigenvalue weighted by Crippen LogP contribution is -2.37. The van der Waals surface area contributed by atoms with Crippen LogP contribution in [-0.4, -0.2) is 74.9 Å². The van der Waals surface area contributed by atoms with Gasteiger partial charge in [0, 0.05) is 12.8 Å². The molecule has 1 unspecified atom stereocenters. The van der Waals surface area contributed by atoms with Crippen molar-refractivity contribution in [2.45, 2.75) is 213 Å². The van der Waals surface area contributed by atoms with Crippen molar-refractivity contribution in [2.75, 3.05) is 47.5 Å². The maximum atomic E-state index is 12.7. The molecule has 0 amide bonds. The van der Waals surface area contributed by atoms with Crippen LogP contribution in [0, 0.1) is 0 Å². The molecule has 340 valence electrons. The van der Waals surface area contributed by atoms with Crippen molar-refractivity contribution >= 4 is 19.8 Å². The first-order valence-corrected chi connectivity index (χ1v) is 25.2. The zero-order chi connectivity index (χ0) is 42.8. The van der Waals surface area contributed by atoms with Gasteiger partial charge in [-0.15, -0.1) is 0 Å². The van der Waals surface area contributed by atoms with Gasteiger partial charge in [0.2, 0.25) is 0 Å². The monoisotopic (exact) mass is 841 g/mol. The van der Waals surface area contributed by atoms with E-state index in [0.717, 1.165) is 44.9 Å². The number of esters is 2. The Hall–Kier alpha value is -1.77. The molecule has 0 fully saturated rings. The first-order chi connectivity index (χ1) is 28.0. The Morgan fingerprint density at radius 1 is 0.534 bits per heavy atom. The highest BCUT2D eigenvalue weighted by Gasteiger charge is 2.27. The van der Waals surface area contributed by atoms with Crippen molar-refractivity contribution in [3.63, 3.8) is 0 Å². The van der Waals surface area contributed by atoms with E-state index in [1.807, 2.05) is 21.1 Å². The number of phosphoric acid groups is 1. The maximum absolute atomic E-state index is 12.7. The number of carbonyl (C=O) groups is 2. The number of hydrogen-bond acceptors (Lipinski definition) is 7. The van der Waals surface area contributed by atoms with Gasteiger partial charge in [0.25, 0.3) is 0 Å². The van der Waals surface area contributed by atoms with Crippen LogP contribution in [0.1, 0.15) is 206 Å². The van der Waals surface area contributed by atoms with E-state index >= 15 is 0 Å². The van der Waals surface area contributed by atoms with Gasteiger partial charge in [-0.1, -0.05) is 159 Å². The molecular weight excluding hydrogens is 750 g/mol. The Balaban J connectivity index is 4.34. The number of allylic oxidation sites excluding steroid dienone is 6. The third-order valence-corrected chi connectivity index (χ3v) is 11.1. The first-order valence-electron chi connectivity index (χ1n) is 23.7. The van der Waals surface area contributed by atoms with E-state index in [2.05, 4.69) is 50.3 Å². The van der Waals surface area contributed by atoms with Crippen molar-refractivity contribution in [3.8, 4) is 0 Å². The standard InChI is InChI=1S/C48H90NO8P/c1-6-8-10-12-14-16-18-20-22-23-24-25-27-29-31-33-35-37-39-41-48(51)57-46(45-56-58(52,53)55-43-42-49(3,4)5)44-54-47(50)40-38-36-34-32-30-28-26-21-19-17-15-13-11-9-7-2/h20-22,26,30,32,46H,6-19,23-25,27-29,31,33-45H2,1-5H3/p+1/b22-20+,26-21+,32-30+/t46-/m1/s1. The summed E-state index contributed by atoms with van der Waals surface area (Å²) in [7, 11) is 1.46. The van der Waals surface area contributed by atoms with Crippen LogP contribution in [-0.2, 0) is 32.7 Å². The number of carbonyl (C=O) groups excluding carboxylic acids is 2. The zero-order valence-corrected chi connectivity index (χ0v) is 39.2. The fourth-order valence-corrected chi connectivity index (χ4v) is 7.13. The Labute approximate surface area is 357 Å². The quantitative estimate of drug-likeness (QED) is 0.0213. The molecule has 2 atom stereocenters. The summed E-state index contributed by atoms with van der Waals surface area (Å²) >= 11 is 0. The molecule has 1 N–H and O–H groups in total. The molecule has 58 heavy (non-hydrogen) atoms. The van der Waals surface area contributed by atoms with Gasteiger partial charge >= 0.3 is 19.8 Å². The number of phosphoric ester groups is 1. The molecule has 0 heterocycles. The fourth-order valence-electron chi connectivity index (χ4n) is 6.39. The van der Waals surface area contributed by atoms with Crippen LogP contribution in [0.2, 0.25) is 0 Å². The Morgan fingerprint density at radius 3 is 1.41 bits per heavy atom. The summed E-state index contributed by atoms with van der Waals surface area (Å²) in [6.45, 7) is 4.39. The van der Waals surface area contributed by atoms with Crippen molar-refractivity contribution in [2.24, 2.45) is 0 Å². The van der Waals surface area contributed by atoms with E-state index in [-0.39, 0.29) is 26.1 Å². The van der Waals surface area contributed by atoms with Crippen LogP contribution in [0.4, 0.5) is 0 Å². The van der Waals surface area contributed by atoms with E-state index in [0.29, 0.717) is 23.9 Å². The number of nitrogens with zero attached hydrogens (tertiary/aromatic N) is 1. The van der Waals surface area contributed by atoms with E-state index in [4.69, 9.17) is 18.5 Å². The molecule has 0 saturated carbocycles. The van der Waals surface area contributed by atoms with Gasteiger partial charge in [0.15, 0.2) is 6.10 Å². The summed E-state index contributed by atoms with van der Waals surface area (Å²) in [4.78, 5) is 35.4. The number of quaternary nitrogens is 1. The topological polar surface area (TPSA) is 108 Å². The minimum Gasteiger partial charge on any atom is -0.462 e. The SMILES string of the molecule is CCCCCCCC/C=C/C/C=C/CCCCC(=O)OC[C@H](COP(=O)(O)OCC[N+](C)(C)C)OC(=O)CCCCCCCCCCC/C=C/CCCCCCCC. The third-order valence-electron chi connectivity index (χ3n) is 10.1. The highest BCUT2D eigenvalue weighted by atomic mass is 31.2. The average Bonchev–Trinajstić information content (AvgIpc) is 3.17. The minimum absolute atomic E-state index is 0.0266. The Kier molecular flexibility index (Phi) is 39.4. The molecule has 0 aromatic carbocycles. The van der Waals surface area contributed by atoms with Gasteiger partial charge in [-0.25, -0.2) is 4.57 Å². The molecule has 0 radical (unpaired) electrons. The number of hydrogen-bond donors (Lipinski definition) is 1. The Morgan fingerprint density at radius 2 is 0.931 bits per heavy atom. The van der Waals surface area contributed by atoms with Crippen LogP contribution >= 0.6 is 7.82 Å². The predicted octanol–water partition coefficient (Wildman–Crippen LogP) is 13.7. The van der Waals surface area contributed by atoms with Gasteiger partial charge in [-0.3, -0.25) is 18.6 Å². The third kappa shape index (κ3) is 43.8. The highest BCUT2D eigenvalue weighted by Crippen LogP contribution is 2.43. The second kappa shape index (κ2) is 40.6. The van der Waals surface area contributed by atoms with Gasteiger partial charge in [0.05, 0.1) is 27.7 Å². The molecule has 0 aliphatic heterocycles. The van der Waals surface area contributed by atoms with E-state index in [1.165, 1.54) is 122 Å². The molecule has 0 aromatic heterocycles. The van der Waals surface area contributed by atoms with E-state index in [1.54, 1.807) is 0 Å². The zero-order valence-electron chi connectivity index (χ0n) is 38.3. The van der Waals surface area contributed by atoms with Crippen molar-refractivity contribution in [1.82, 2.24) is 0 Å². The summed E-state index contributed by atoms with van der Waals surface area (Å²) in [6.07, 6.45) is 46.2. The lowest BCUT2D eigenvalue weighted by molar-refractivity contribution is -0.870. The molecular formula is C48H91NO8P+. The van der Waals surface area contributed by atoms with Crippen LogP contribution in [0.25, 0.3) is 0 Å². The fraction of sp³-hybridized carbons (Fsp3) is 0.833. The van der Waals surface area contributed by atoms with Crippen LogP contribution < -0.4 is 0 Å². The van der Waals surface area contributed by atoms with Gasteiger partial charge in [-0.05, 0) is 70.6 Å². The summed E-state index contributed by atoms with van der Waals surface area (Å²) < 4.78 is 34.3. The van der Waals surface area contributed by atoms with Crippen molar-refractivity contribution in [3.05, 3.63) is 36.5 Å². The van der Waals surface area contributed by atoms with Gasteiger partial charge in [0.1, 0.15) is 19.8 Å². The average molecular weight is 841 g/mol. The highest BCUT2D eigenvalue weighted by molar-refractivity contribution is 7.47. The molecule has 10 heteroatoms. The number of unbranched alkanes of at least 4 members (excludes halogenated alkanes) is 23. The summed E-state index contributed by atoms with van der Waals surface area (Å²) in [5.41, 5.74) is 0. The number of rotatable bonds is 43. The second-order valence-corrected chi connectivity index (χ2v) is 18.6. The molecule has 0 bridgehead atoms. The van der Waals surface area contributed by atoms with Crippen LogP contribution in [0.3, 0.4) is 0 Å². The van der Waals surface area contributed by atoms with E-state index in [9.17, 15) is 19.0 Å². The van der Waals surface area contributed by atoms with Crippen molar-refractivity contribution < 1.29 is 42.1 Å². The molecule has 0 rings (SSSR count). The first kappa shape index (κ1) is 56.2. The molecule has 0 aliphatic rings. The molecule has 9 nitrogen and oxygen atoms in total. The summed E-state index contributed by atoms with van der Waals surface area (Å²) in [5, 5.41) is 0. The molecule has 0 aliphatic carbocycles. The smallest absolute Gasteiger partial charge is 0.462 e. The number of likely N-dealkylation sites (N-methyl/N-ethyl adjacent to an activating group) is 1. The molecule has 0 saturated heterocycles. The Bertz CT molecular complexity index is 1090. The summed E-state index contributed by atoms with van der Waals surface area (Å²) in [5.74, 6) is -0.835. The molecule has 0 aromatic rings. The summed E-state index contributed by atoms with van der Waals surface area (Å²) in [6, 6.07) is 0. The minimum atomic E-state index is -4.38. The lowest BCUT2D eigenvalue weighted by Gasteiger charge is -2.24. The predicted molar refractivity (Wildman–Crippen MR) is 243 cm³/mol. The van der Waals surface area contributed by atoms with Crippen LogP contribution in [0.15, 0.2) is 36.5 Å². The maximum Gasteiger partial charge on any atom is 0.472 e.